The Morgan fingerprint density at radius 3 is 1.75 bits per heavy atom. The maximum atomic E-state index is 5.66. The minimum Gasteiger partial charge on any atom is -0.376 e. The van der Waals surface area contributed by atoms with E-state index in [0.29, 0.717) is 12.2 Å². The normalized spacial score (nSPS) is 25.0. The molecule has 2 aliphatic rings. The van der Waals surface area contributed by atoms with Crippen LogP contribution in [0, 0.1) is 0 Å². The molecule has 0 unspecified atom stereocenters. The van der Waals surface area contributed by atoms with Crippen molar-refractivity contribution in [2.75, 3.05) is 13.2 Å². The predicted octanol–water partition coefficient (Wildman–Crippen LogP) is 2.12. The van der Waals surface area contributed by atoms with Crippen molar-refractivity contribution in [3.8, 4) is 0 Å². The molecule has 12 heavy (non-hydrogen) atoms. The molecule has 2 heteroatoms. The summed E-state index contributed by atoms with van der Waals surface area (Å²) in [6, 6.07) is 0. The van der Waals surface area contributed by atoms with Gasteiger partial charge in [-0.1, -0.05) is 12.8 Å². The van der Waals surface area contributed by atoms with Gasteiger partial charge in [-0.25, -0.2) is 0 Å². The van der Waals surface area contributed by atoms with Gasteiger partial charge >= 0.3 is 0 Å². The highest BCUT2D eigenvalue weighted by molar-refractivity contribution is 4.73. The van der Waals surface area contributed by atoms with Crippen molar-refractivity contribution in [2.45, 2.75) is 50.7 Å². The van der Waals surface area contributed by atoms with Crippen molar-refractivity contribution >= 4 is 0 Å². The largest absolute Gasteiger partial charge is 0.376 e. The summed E-state index contributed by atoms with van der Waals surface area (Å²) < 4.78 is 11.1. The molecule has 0 aromatic carbocycles. The van der Waals surface area contributed by atoms with Gasteiger partial charge in [0.1, 0.15) is 0 Å². The van der Waals surface area contributed by atoms with Crippen LogP contribution in [-0.4, -0.2) is 25.4 Å². The van der Waals surface area contributed by atoms with Crippen LogP contribution < -0.4 is 0 Å². The first-order chi connectivity index (χ1) is 5.95. The maximum Gasteiger partial charge on any atom is 0.0704 e. The van der Waals surface area contributed by atoms with Crippen LogP contribution in [-0.2, 0) is 9.47 Å². The molecule has 0 amide bonds. The summed E-state index contributed by atoms with van der Waals surface area (Å²) in [5.74, 6) is 0. The van der Waals surface area contributed by atoms with E-state index in [1.54, 1.807) is 0 Å². The fourth-order valence-electron chi connectivity index (χ4n) is 1.72. The Kier molecular flexibility index (Phi) is 3.01. The summed E-state index contributed by atoms with van der Waals surface area (Å²) in [7, 11) is 0. The summed E-state index contributed by atoms with van der Waals surface area (Å²) >= 11 is 0. The van der Waals surface area contributed by atoms with Crippen LogP contribution in [0.3, 0.4) is 0 Å². The third-order valence-electron chi connectivity index (χ3n) is 2.62. The third-order valence-corrected chi connectivity index (χ3v) is 2.62. The minimum atomic E-state index is 0.549. The lowest BCUT2D eigenvalue weighted by molar-refractivity contribution is 0.00315. The fourth-order valence-corrected chi connectivity index (χ4v) is 1.72. The zero-order valence-electron chi connectivity index (χ0n) is 7.63. The molecule has 0 spiro atoms. The molecular formula is C10H18O2. The summed E-state index contributed by atoms with van der Waals surface area (Å²) in [5.41, 5.74) is 0. The Balaban J connectivity index is 1.44. The second-order valence-corrected chi connectivity index (χ2v) is 3.85. The van der Waals surface area contributed by atoms with Gasteiger partial charge < -0.3 is 9.47 Å². The average molecular weight is 170 g/mol. The summed E-state index contributed by atoms with van der Waals surface area (Å²) in [6.07, 6.45) is 8.91. The molecule has 0 aromatic heterocycles. The first-order valence-electron chi connectivity index (χ1n) is 5.18. The van der Waals surface area contributed by atoms with E-state index in [4.69, 9.17) is 9.47 Å². The Labute approximate surface area is 74.2 Å². The van der Waals surface area contributed by atoms with E-state index in [9.17, 15) is 0 Å². The molecule has 0 saturated heterocycles. The molecule has 0 bridgehead atoms. The van der Waals surface area contributed by atoms with Gasteiger partial charge in [0, 0.05) is 0 Å². The van der Waals surface area contributed by atoms with Crippen LogP contribution in [0.2, 0.25) is 0 Å². The zero-order valence-corrected chi connectivity index (χ0v) is 7.63. The standard InChI is InChI=1S/C10H18O2/c1-2-4-9(3-1)11-7-8-12-10-5-6-10/h9-10H,1-8H2. The predicted molar refractivity (Wildman–Crippen MR) is 47.2 cm³/mol. The van der Waals surface area contributed by atoms with E-state index in [-0.39, 0.29) is 0 Å². The number of hydrogen-bond acceptors (Lipinski definition) is 2. The molecule has 2 rings (SSSR count). The van der Waals surface area contributed by atoms with Crippen LogP contribution >= 0.6 is 0 Å². The van der Waals surface area contributed by atoms with Crippen molar-refractivity contribution in [1.82, 2.24) is 0 Å². The van der Waals surface area contributed by atoms with E-state index in [0.717, 1.165) is 13.2 Å². The maximum absolute atomic E-state index is 5.66. The van der Waals surface area contributed by atoms with Crippen molar-refractivity contribution < 1.29 is 9.47 Å². The number of rotatable bonds is 5. The lowest BCUT2D eigenvalue weighted by atomic mass is 10.3. The minimum absolute atomic E-state index is 0.549. The topological polar surface area (TPSA) is 18.5 Å². The molecule has 0 aromatic rings. The second-order valence-electron chi connectivity index (χ2n) is 3.85. The van der Waals surface area contributed by atoms with E-state index in [2.05, 4.69) is 0 Å². The molecule has 0 aliphatic heterocycles. The van der Waals surface area contributed by atoms with Crippen LogP contribution in [0.1, 0.15) is 38.5 Å². The van der Waals surface area contributed by atoms with Gasteiger partial charge in [0.05, 0.1) is 25.4 Å². The fraction of sp³-hybridized carbons (Fsp3) is 1.00. The van der Waals surface area contributed by atoms with Crippen LogP contribution in [0.15, 0.2) is 0 Å². The van der Waals surface area contributed by atoms with Gasteiger partial charge in [0.2, 0.25) is 0 Å². The van der Waals surface area contributed by atoms with Gasteiger partial charge in [-0.15, -0.1) is 0 Å². The molecule has 0 atom stereocenters. The van der Waals surface area contributed by atoms with Crippen molar-refractivity contribution in [3.63, 3.8) is 0 Å². The van der Waals surface area contributed by atoms with Gasteiger partial charge in [-0.2, -0.15) is 0 Å². The zero-order chi connectivity index (χ0) is 8.23. The molecule has 2 fully saturated rings. The van der Waals surface area contributed by atoms with Crippen molar-refractivity contribution in [3.05, 3.63) is 0 Å². The van der Waals surface area contributed by atoms with E-state index < -0.39 is 0 Å². The molecule has 2 saturated carbocycles. The molecule has 70 valence electrons. The van der Waals surface area contributed by atoms with Crippen molar-refractivity contribution in [1.29, 1.82) is 0 Å². The van der Waals surface area contributed by atoms with Gasteiger partial charge in [0.15, 0.2) is 0 Å². The quantitative estimate of drug-likeness (QED) is 0.588. The van der Waals surface area contributed by atoms with Gasteiger partial charge in [-0.3, -0.25) is 0 Å². The van der Waals surface area contributed by atoms with E-state index >= 15 is 0 Å². The monoisotopic (exact) mass is 170 g/mol. The first kappa shape index (κ1) is 8.52. The molecule has 2 nitrogen and oxygen atoms in total. The second kappa shape index (κ2) is 4.24. The molecule has 0 radical (unpaired) electrons. The average Bonchev–Trinajstić information content (AvgIpc) is 2.76. The SMILES string of the molecule is C1CCC(OCCOC2CC2)C1. The molecular weight excluding hydrogens is 152 g/mol. The lowest BCUT2D eigenvalue weighted by Gasteiger charge is -2.10. The Morgan fingerprint density at radius 1 is 0.750 bits per heavy atom. The first-order valence-corrected chi connectivity index (χ1v) is 5.18. The summed E-state index contributed by atoms with van der Waals surface area (Å²) in [5, 5.41) is 0. The highest BCUT2D eigenvalue weighted by atomic mass is 16.5. The Morgan fingerprint density at radius 2 is 1.25 bits per heavy atom. The Hall–Kier alpha value is -0.0800. The Bertz CT molecular complexity index is 126. The van der Waals surface area contributed by atoms with Gasteiger partial charge in [0.25, 0.3) is 0 Å². The van der Waals surface area contributed by atoms with Crippen LogP contribution in [0.25, 0.3) is 0 Å². The van der Waals surface area contributed by atoms with Gasteiger partial charge in [-0.05, 0) is 25.7 Å². The molecule has 0 N–H and O–H groups in total. The van der Waals surface area contributed by atoms with Crippen molar-refractivity contribution in [2.24, 2.45) is 0 Å². The highest BCUT2D eigenvalue weighted by Gasteiger charge is 2.22. The summed E-state index contributed by atoms with van der Waals surface area (Å²) in [6.45, 7) is 1.61. The molecule has 2 aliphatic carbocycles. The molecule has 0 heterocycles. The van der Waals surface area contributed by atoms with Crippen LogP contribution in [0.4, 0.5) is 0 Å². The number of hydrogen-bond donors (Lipinski definition) is 0. The summed E-state index contributed by atoms with van der Waals surface area (Å²) in [4.78, 5) is 0. The lowest BCUT2D eigenvalue weighted by Crippen LogP contribution is -2.13. The van der Waals surface area contributed by atoms with E-state index in [1.807, 2.05) is 0 Å². The number of ether oxygens (including phenoxy) is 2. The van der Waals surface area contributed by atoms with Crippen LogP contribution in [0.5, 0.6) is 0 Å². The smallest absolute Gasteiger partial charge is 0.0704 e. The van der Waals surface area contributed by atoms with E-state index in [1.165, 1.54) is 38.5 Å². The third kappa shape index (κ3) is 2.76. The highest BCUT2D eigenvalue weighted by Crippen LogP contribution is 2.24.